The monoisotopic (exact) mass is 233 g/mol. The minimum absolute atomic E-state index is 0.296. The molecule has 1 aliphatic rings. The van der Waals surface area contributed by atoms with E-state index in [0.717, 1.165) is 12.3 Å². The van der Waals surface area contributed by atoms with Crippen LogP contribution >= 0.6 is 0 Å². The van der Waals surface area contributed by atoms with Crippen molar-refractivity contribution < 1.29 is 4.74 Å². The minimum Gasteiger partial charge on any atom is -0.473 e. The van der Waals surface area contributed by atoms with Gasteiger partial charge in [-0.25, -0.2) is 4.98 Å². The lowest BCUT2D eigenvalue weighted by Crippen LogP contribution is -2.32. The van der Waals surface area contributed by atoms with Crippen LogP contribution < -0.4 is 4.74 Å². The molecular weight excluding hydrogens is 210 g/mol. The fourth-order valence-corrected chi connectivity index (χ4v) is 2.98. The maximum Gasteiger partial charge on any atom is 0.217 e. The molecule has 2 nitrogen and oxygen atoms in total. The van der Waals surface area contributed by atoms with Crippen LogP contribution in [0.5, 0.6) is 5.88 Å². The molecule has 0 fully saturated rings. The Morgan fingerprint density at radius 3 is 2.59 bits per heavy atom. The highest BCUT2D eigenvalue weighted by Gasteiger charge is 2.44. The summed E-state index contributed by atoms with van der Waals surface area (Å²) < 4.78 is 6.01. The summed E-state index contributed by atoms with van der Waals surface area (Å²) in [6.07, 6.45) is 5.54. The molecule has 0 N–H and O–H groups in total. The molecule has 1 aromatic heterocycles. The van der Waals surface area contributed by atoms with E-state index in [-0.39, 0.29) is 0 Å². The molecule has 2 rings (SSSR count). The average molecular weight is 233 g/mol. The van der Waals surface area contributed by atoms with Gasteiger partial charge in [0, 0.05) is 17.7 Å². The van der Waals surface area contributed by atoms with Gasteiger partial charge in [0.1, 0.15) is 6.10 Å². The van der Waals surface area contributed by atoms with E-state index in [9.17, 15) is 0 Å². The van der Waals surface area contributed by atoms with Crippen molar-refractivity contribution in [2.75, 3.05) is 0 Å². The lowest BCUT2D eigenvalue weighted by atomic mass is 9.68. The second kappa shape index (κ2) is 4.67. The molecule has 0 aromatic carbocycles. The molecule has 0 saturated heterocycles. The van der Waals surface area contributed by atoms with Crippen molar-refractivity contribution in [1.29, 1.82) is 0 Å². The predicted molar refractivity (Wildman–Crippen MR) is 70.4 cm³/mol. The summed E-state index contributed by atoms with van der Waals surface area (Å²) in [5.74, 6) is 1.35. The number of nitrogens with zero attached hydrogens (tertiary/aromatic N) is 1. The highest BCUT2D eigenvalue weighted by atomic mass is 16.5. The van der Waals surface area contributed by atoms with Gasteiger partial charge in [-0.3, -0.25) is 0 Å². The highest BCUT2D eigenvalue weighted by Crippen LogP contribution is 2.51. The molecule has 2 heterocycles. The third kappa shape index (κ3) is 1.94. The zero-order chi connectivity index (χ0) is 12.5. The van der Waals surface area contributed by atoms with E-state index in [1.54, 1.807) is 0 Å². The first kappa shape index (κ1) is 12.4. The number of hydrogen-bond acceptors (Lipinski definition) is 2. The zero-order valence-electron chi connectivity index (χ0n) is 11.4. The molecule has 17 heavy (non-hydrogen) atoms. The van der Waals surface area contributed by atoms with E-state index in [0.29, 0.717) is 17.4 Å². The summed E-state index contributed by atoms with van der Waals surface area (Å²) in [6.45, 7) is 9.15. The Morgan fingerprint density at radius 2 is 2.00 bits per heavy atom. The van der Waals surface area contributed by atoms with Gasteiger partial charge in [0.2, 0.25) is 5.88 Å². The summed E-state index contributed by atoms with van der Waals surface area (Å²) in [6, 6.07) is 4.21. The average Bonchev–Trinajstić information content (AvgIpc) is 2.76. The Labute approximate surface area is 104 Å². The Balaban J connectivity index is 2.43. The summed E-state index contributed by atoms with van der Waals surface area (Å²) in [4.78, 5) is 4.37. The molecule has 0 saturated carbocycles. The van der Waals surface area contributed by atoms with Crippen molar-refractivity contribution in [1.82, 2.24) is 4.98 Å². The summed E-state index contributed by atoms with van der Waals surface area (Å²) in [5, 5.41) is 0. The summed E-state index contributed by atoms with van der Waals surface area (Å²) in [5.41, 5.74) is 1.63. The van der Waals surface area contributed by atoms with Gasteiger partial charge < -0.3 is 4.74 Å². The van der Waals surface area contributed by atoms with Crippen LogP contribution in [-0.4, -0.2) is 11.1 Å². The Morgan fingerprint density at radius 1 is 1.29 bits per heavy atom. The first-order valence-electron chi connectivity index (χ1n) is 6.77. The Hall–Kier alpha value is -1.05. The van der Waals surface area contributed by atoms with Gasteiger partial charge in [0.15, 0.2) is 0 Å². The van der Waals surface area contributed by atoms with Crippen molar-refractivity contribution in [3.05, 3.63) is 23.9 Å². The van der Waals surface area contributed by atoms with Crippen LogP contribution in [0.3, 0.4) is 0 Å². The Kier molecular flexibility index (Phi) is 3.41. The van der Waals surface area contributed by atoms with Crippen molar-refractivity contribution in [3.8, 4) is 5.88 Å². The number of fused-ring (bicyclic) bond motifs is 1. The van der Waals surface area contributed by atoms with Crippen LogP contribution in [0.15, 0.2) is 18.3 Å². The van der Waals surface area contributed by atoms with Crippen molar-refractivity contribution in [2.45, 2.75) is 59.0 Å². The van der Waals surface area contributed by atoms with Gasteiger partial charge in [-0.05, 0) is 17.9 Å². The lowest BCUT2D eigenvalue weighted by molar-refractivity contribution is 0.112. The largest absolute Gasteiger partial charge is 0.473 e. The van der Waals surface area contributed by atoms with E-state index in [1.807, 2.05) is 12.3 Å². The van der Waals surface area contributed by atoms with Crippen LogP contribution in [-0.2, 0) is 0 Å². The summed E-state index contributed by atoms with van der Waals surface area (Å²) >= 11 is 0. The molecule has 0 bridgehead atoms. The van der Waals surface area contributed by atoms with E-state index in [4.69, 9.17) is 4.74 Å². The van der Waals surface area contributed by atoms with Gasteiger partial charge in [-0.1, -0.05) is 46.6 Å². The number of aromatic nitrogens is 1. The third-order valence-corrected chi connectivity index (χ3v) is 4.54. The number of pyridine rings is 1. The van der Waals surface area contributed by atoms with Crippen LogP contribution in [0.4, 0.5) is 0 Å². The SMILES string of the molecule is CCC1Oc2ncccc2C1C(C)(CC)CC. The molecule has 2 heteroatoms. The van der Waals surface area contributed by atoms with Gasteiger partial charge in [0.25, 0.3) is 0 Å². The minimum atomic E-state index is 0.296. The maximum absolute atomic E-state index is 6.01. The van der Waals surface area contributed by atoms with Crippen molar-refractivity contribution in [3.63, 3.8) is 0 Å². The van der Waals surface area contributed by atoms with E-state index >= 15 is 0 Å². The lowest BCUT2D eigenvalue weighted by Gasteiger charge is -2.36. The fraction of sp³-hybridized carbons (Fsp3) is 0.667. The Bertz CT molecular complexity index is 384. The highest BCUT2D eigenvalue weighted by molar-refractivity contribution is 5.36. The number of rotatable bonds is 4. The second-order valence-electron chi connectivity index (χ2n) is 5.30. The normalized spacial score (nSPS) is 23.3. The second-order valence-corrected chi connectivity index (χ2v) is 5.30. The zero-order valence-corrected chi connectivity index (χ0v) is 11.4. The van der Waals surface area contributed by atoms with Crippen LogP contribution in [0.2, 0.25) is 0 Å². The molecule has 0 amide bonds. The molecule has 2 atom stereocenters. The molecule has 2 unspecified atom stereocenters. The van der Waals surface area contributed by atoms with Crippen LogP contribution in [0.25, 0.3) is 0 Å². The first-order valence-corrected chi connectivity index (χ1v) is 6.77. The molecule has 1 aliphatic heterocycles. The number of ether oxygens (including phenoxy) is 1. The van der Waals surface area contributed by atoms with Gasteiger partial charge in [-0.2, -0.15) is 0 Å². The van der Waals surface area contributed by atoms with Crippen LogP contribution in [0.1, 0.15) is 58.4 Å². The molecule has 0 aliphatic carbocycles. The molecule has 0 spiro atoms. The quantitative estimate of drug-likeness (QED) is 0.779. The third-order valence-electron chi connectivity index (χ3n) is 4.54. The molecular formula is C15H23NO. The first-order chi connectivity index (χ1) is 8.16. The fourth-order valence-electron chi connectivity index (χ4n) is 2.98. The van der Waals surface area contributed by atoms with Crippen LogP contribution in [0, 0.1) is 5.41 Å². The van der Waals surface area contributed by atoms with Gasteiger partial charge in [0.05, 0.1) is 0 Å². The van der Waals surface area contributed by atoms with Gasteiger partial charge >= 0.3 is 0 Å². The maximum atomic E-state index is 6.01. The topological polar surface area (TPSA) is 22.1 Å². The van der Waals surface area contributed by atoms with Gasteiger partial charge in [-0.15, -0.1) is 0 Å². The van der Waals surface area contributed by atoms with Crippen molar-refractivity contribution >= 4 is 0 Å². The predicted octanol–water partition coefficient (Wildman–Crippen LogP) is 4.16. The standard InChI is InChI=1S/C15H23NO/c1-5-12-13(15(4,6-2)7-3)11-9-8-10-16-14(11)17-12/h8-10,12-13H,5-7H2,1-4H3. The van der Waals surface area contributed by atoms with Crippen molar-refractivity contribution in [2.24, 2.45) is 5.41 Å². The van der Waals surface area contributed by atoms with E-state index in [1.165, 1.54) is 18.4 Å². The smallest absolute Gasteiger partial charge is 0.217 e. The molecule has 0 radical (unpaired) electrons. The summed E-state index contributed by atoms with van der Waals surface area (Å²) in [7, 11) is 0. The van der Waals surface area contributed by atoms with E-state index in [2.05, 4.69) is 38.7 Å². The number of hydrogen-bond donors (Lipinski definition) is 0. The molecule has 94 valence electrons. The molecule has 1 aromatic rings. The van der Waals surface area contributed by atoms with E-state index < -0.39 is 0 Å².